The SMILES string of the molecule is Cc1ccc(C(C)(O)CNC(=O)CCc2c(C)n[nH]c2C)o1. The molecule has 120 valence electrons. The summed E-state index contributed by atoms with van der Waals surface area (Å²) in [7, 11) is 0. The molecule has 2 rings (SSSR count). The van der Waals surface area contributed by atoms with Gasteiger partial charge in [-0.25, -0.2) is 0 Å². The Morgan fingerprint density at radius 2 is 2.14 bits per heavy atom. The minimum absolute atomic E-state index is 0.108. The lowest BCUT2D eigenvalue weighted by molar-refractivity contribution is -0.122. The van der Waals surface area contributed by atoms with E-state index in [0.29, 0.717) is 18.6 Å². The average Bonchev–Trinajstić information content (AvgIpc) is 3.02. The molecule has 3 N–H and O–H groups in total. The topological polar surface area (TPSA) is 91.1 Å². The molecule has 0 aliphatic carbocycles. The van der Waals surface area contributed by atoms with Gasteiger partial charge in [-0.1, -0.05) is 0 Å². The summed E-state index contributed by atoms with van der Waals surface area (Å²) < 4.78 is 5.42. The molecule has 2 aromatic rings. The summed E-state index contributed by atoms with van der Waals surface area (Å²) in [4.78, 5) is 12.0. The minimum Gasteiger partial charge on any atom is -0.463 e. The Balaban J connectivity index is 1.85. The monoisotopic (exact) mass is 305 g/mol. The van der Waals surface area contributed by atoms with E-state index >= 15 is 0 Å². The van der Waals surface area contributed by atoms with Crippen LogP contribution in [0.3, 0.4) is 0 Å². The van der Waals surface area contributed by atoms with Gasteiger partial charge in [-0.2, -0.15) is 5.10 Å². The first-order chi connectivity index (χ1) is 10.3. The second-order valence-corrected chi connectivity index (χ2v) is 5.87. The van der Waals surface area contributed by atoms with Gasteiger partial charge in [0.15, 0.2) is 0 Å². The summed E-state index contributed by atoms with van der Waals surface area (Å²) in [6.45, 7) is 7.41. The van der Waals surface area contributed by atoms with E-state index in [-0.39, 0.29) is 12.5 Å². The van der Waals surface area contributed by atoms with Gasteiger partial charge < -0.3 is 14.8 Å². The van der Waals surface area contributed by atoms with Crippen LogP contribution in [0, 0.1) is 20.8 Å². The number of aryl methyl sites for hydroxylation is 3. The van der Waals surface area contributed by atoms with Gasteiger partial charge in [0, 0.05) is 12.1 Å². The summed E-state index contributed by atoms with van der Waals surface area (Å²) in [5, 5.41) is 20.1. The number of H-pyrrole nitrogens is 1. The number of furan rings is 1. The van der Waals surface area contributed by atoms with E-state index < -0.39 is 5.60 Å². The number of aromatic nitrogens is 2. The normalized spacial score (nSPS) is 13.9. The van der Waals surface area contributed by atoms with E-state index in [1.807, 2.05) is 20.8 Å². The summed E-state index contributed by atoms with van der Waals surface area (Å²) in [5.74, 6) is 1.07. The fourth-order valence-corrected chi connectivity index (χ4v) is 2.35. The zero-order valence-corrected chi connectivity index (χ0v) is 13.5. The number of nitrogens with one attached hydrogen (secondary N) is 2. The van der Waals surface area contributed by atoms with Crippen LogP contribution in [0.4, 0.5) is 0 Å². The third-order valence-electron chi connectivity index (χ3n) is 3.78. The standard InChI is InChI=1S/C16H23N3O3/c1-10-5-7-14(22-10)16(4,21)9-17-15(20)8-6-13-11(2)18-19-12(13)3/h5,7,21H,6,8-9H2,1-4H3,(H,17,20)(H,18,19). The Morgan fingerprint density at radius 3 is 2.68 bits per heavy atom. The first kappa shape index (κ1) is 16.3. The maximum atomic E-state index is 12.0. The molecule has 0 saturated heterocycles. The van der Waals surface area contributed by atoms with E-state index in [9.17, 15) is 9.90 Å². The molecule has 0 fully saturated rings. The zero-order chi connectivity index (χ0) is 16.3. The van der Waals surface area contributed by atoms with Crippen molar-refractivity contribution < 1.29 is 14.3 Å². The van der Waals surface area contributed by atoms with Gasteiger partial charge in [0.05, 0.1) is 12.2 Å². The van der Waals surface area contributed by atoms with Gasteiger partial charge >= 0.3 is 0 Å². The smallest absolute Gasteiger partial charge is 0.220 e. The molecular weight excluding hydrogens is 282 g/mol. The van der Waals surface area contributed by atoms with E-state index in [1.165, 1.54) is 0 Å². The predicted molar refractivity (Wildman–Crippen MR) is 82.4 cm³/mol. The van der Waals surface area contributed by atoms with Crippen LogP contribution in [0.15, 0.2) is 16.5 Å². The summed E-state index contributed by atoms with van der Waals surface area (Å²) >= 11 is 0. The highest BCUT2D eigenvalue weighted by Crippen LogP contribution is 2.22. The lowest BCUT2D eigenvalue weighted by Crippen LogP contribution is -2.38. The molecule has 0 aromatic carbocycles. The van der Waals surface area contributed by atoms with Crippen LogP contribution in [0.1, 0.15) is 41.8 Å². The molecule has 0 bridgehead atoms. The molecular formula is C16H23N3O3. The van der Waals surface area contributed by atoms with Crippen LogP contribution in [0.25, 0.3) is 0 Å². The molecule has 0 aliphatic rings. The van der Waals surface area contributed by atoms with Crippen LogP contribution < -0.4 is 5.32 Å². The molecule has 1 unspecified atom stereocenters. The Bertz CT molecular complexity index is 636. The van der Waals surface area contributed by atoms with Crippen molar-refractivity contribution in [1.82, 2.24) is 15.5 Å². The number of rotatable bonds is 6. The van der Waals surface area contributed by atoms with Crippen molar-refractivity contribution in [1.29, 1.82) is 0 Å². The number of amides is 1. The van der Waals surface area contributed by atoms with Crippen LogP contribution in [0.5, 0.6) is 0 Å². The highest BCUT2D eigenvalue weighted by atomic mass is 16.4. The number of hydrogen-bond donors (Lipinski definition) is 3. The highest BCUT2D eigenvalue weighted by Gasteiger charge is 2.27. The quantitative estimate of drug-likeness (QED) is 0.760. The van der Waals surface area contributed by atoms with E-state index in [1.54, 1.807) is 19.1 Å². The molecule has 0 aliphatic heterocycles. The number of nitrogens with zero attached hydrogens (tertiary/aromatic N) is 1. The first-order valence-electron chi connectivity index (χ1n) is 7.36. The van der Waals surface area contributed by atoms with Gasteiger partial charge in [0.25, 0.3) is 0 Å². The van der Waals surface area contributed by atoms with Gasteiger partial charge in [0.2, 0.25) is 5.91 Å². The van der Waals surface area contributed by atoms with Crippen molar-refractivity contribution >= 4 is 5.91 Å². The lowest BCUT2D eigenvalue weighted by Gasteiger charge is -2.21. The minimum atomic E-state index is -1.22. The fraction of sp³-hybridized carbons (Fsp3) is 0.500. The molecule has 6 heteroatoms. The van der Waals surface area contributed by atoms with Gasteiger partial charge in [0.1, 0.15) is 17.1 Å². The maximum absolute atomic E-state index is 12.0. The maximum Gasteiger partial charge on any atom is 0.220 e. The Kier molecular flexibility index (Phi) is 4.71. The molecule has 2 aromatic heterocycles. The predicted octanol–water partition coefficient (Wildman–Crippen LogP) is 1.88. The molecule has 0 saturated carbocycles. The molecule has 22 heavy (non-hydrogen) atoms. The molecule has 1 amide bonds. The average molecular weight is 305 g/mol. The van der Waals surface area contributed by atoms with Crippen LogP contribution in [-0.2, 0) is 16.8 Å². The summed E-state index contributed by atoms with van der Waals surface area (Å²) in [6, 6.07) is 3.51. The van der Waals surface area contributed by atoms with Crippen LogP contribution in [0.2, 0.25) is 0 Å². The molecule has 0 spiro atoms. The Hall–Kier alpha value is -2.08. The Labute approximate surface area is 129 Å². The van der Waals surface area contributed by atoms with Crippen molar-refractivity contribution in [3.05, 3.63) is 40.6 Å². The van der Waals surface area contributed by atoms with Crippen molar-refractivity contribution in [2.24, 2.45) is 0 Å². The van der Waals surface area contributed by atoms with E-state index in [4.69, 9.17) is 4.42 Å². The lowest BCUT2D eigenvalue weighted by atomic mass is 10.0. The van der Waals surface area contributed by atoms with Crippen molar-refractivity contribution in [3.63, 3.8) is 0 Å². The summed E-state index contributed by atoms with van der Waals surface area (Å²) in [5.41, 5.74) is 1.76. The summed E-state index contributed by atoms with van der Waals surface area (Å²) in [6.07, 6.45) is 0.983. The first-order valence-corrected chi connectivity index (χ1v) is 7.36. The van der Waals surface area contributed by atoms with Crippen molar-refractivity contribution in [2.75, 3.05) is 6.54 Å². The van der Waals surface area contributed by atoms with Crippen LogP contribution >= 0.6 is 0 Å². The van der Waals surface area contributed by atoms with E-state index in [2.05, 4.69) is 15.5 Å². The second-order valence-electron chi connectivity index (χ2n) is 5.87. The number of carbonyl (C=O) groups is 1. The Morgan fingerprint density at radius 1 is 1.41 bits per heavy atom. The number of carbonyl (C=O) groups excluding carboxylic acids is 1. The second kappa shape index (κ2) is 6.36. The fourth-order valence-electron chi connectivity index (χ4n) is 2.35. The van der Waals surface area contributed by atoms with Gasteiger partial charge in [-0.3, -0.25) is 9.89 Å². The largest absolute Gasteiger partial charge is 0.463 e. The highest BCUT2D eigenvalue weighted by molar-refractivity contribution is 5.76. The number of aromatic amines is 1. The number of hydrogen-bond acceptors (Lipinski definition) is 4. The van der Waals surface area contributed by atoms with Gasteiger partial charge in [-0.05, 0) is 51.8 Å². The molecule has 6 nitrogen and oxygen atoms in total. The third-order valence-corrected chi connectivity index (χ3v) is 3.78. The zero-order valence-electron chi connectivity index (χ0n) is 13.5. The third kappa shape index (κ3) is 3.76. The van der Waals surface area contributed by atoms with E-state index in [0.717, 1.165) is 22.7 Å². The van der Waals surface area contributed by atoms with Crippen molar-refractivity contribution in [3.8, 4) is 0 Å². The van der Waals surface area contributed by atoms with Crippen molar-refractivity contribution in [2.45, 2.75) is 46.1 Å². The van der Waals surface area contributed by atoms with Gasteiger partial charge in [-0.15, -0.1) is 0 Å². The molecule has 0 radical (unpaired) electrons. The molecule has 1 atom stereocenters. The molecule has 2 heterocycles. The number of aliphatic hydroxyl groups is 1. The van der Waals surface area contributed by atoms with Crippen LogP contribution in [-0.4, -0.2) is 27.8 Å².